The van der Waals surface area contributed by atoms with Gasteiger partial charge >= 0.3 is 0 Å². The molecule has 0 spiro atoms. The van der Waals surface area contributed by atoms with Gasteiger partial charge in [0.05, 0.1) is 13.7 Å². The van der Waals surface area contributed by atoms with Crippen LogP contribution in [-0.2, 0) is 0 Å². The highest BCUT2D eigenvalue weighted by molar-refractivity contribution is 9.10. The number of ether oxygens (including phenoxy) is 2. The largest absolute Gasteiger partial charge is 0.488 e. The van der Waals surface area contributed by atoms with Crippen LogP contribution >= 0.6 is 15.9 Å². The van der Waals surface area contributed by atoms with Crippen molar-refractivity contribution in [2.75, 3.05) is 13.7 Å². The molecule has 0 aliphatic heterocycles. The maximum atomic E-state index is 5.27. The zero-order valence-electron chi connectivity index (χ0n) is 7.00. The molecule has 0 aliphatic carbocycles. The van der Waals surface area contributed by atoms with Crippen LogP contribution in [0.25, 0.3) is 0 Å². The van der Waals surface area contributed by atoms with Gasteiger partial charge < -0.3 is 9.47 Å². The maximum Gasteiger partial charge on any atom is 0.257 e. The fourth-order valence-corrected chi connectivity index (χ4v) is 1.11. The number of pyridine rings is 1. The van der Waals surface area contributed by atoms with Gasteiger partial charge in [-0.1, -0.05) is 0 Å². The second kappa shape index (κ2) is 4.30. The molecule has 1 rings (SSSR count). The van der Waals surface area contributed by atoms with E-state index in [-0.39, 0.29) is 0 Å². The van der Waals surface area contributed by atoms with Gasteiger partial charge in [0.25, 0.3) is 5.88 Å². The zero-order chi connectivity index (χ0) is 8.97. The summed E-state index contributed by atoms with van der Waals surface area (Å²) in [6.45, 7) is 2.53. The molecule has 0 aliphatic rings. The molecule has 0 unspecified atom stereocenters. The van der Waals surface area contributed by atoms with Crippen LogP contribution in [0.5, 0.6) is 11.6 Å². The van der Waals surface area contributed by atoms with E-state index in [2.05, 4.69) is 20.9 Å². The Morgan fingerprint density at radius 1 is 1.50 bits per heavy atom. The first-order valence-electron chi connectivity index (χ1n) is 3.61. The molecular formula is C8H10BrNO2. The van der Waals surface area contributed by atoms with E-state index in [0.29, 0.717) is 18.2 Å². The van der Waals surface area contributed by atoms with Crippen molar-refractivity contribution in [3.8, 4) is 11.6 Å². The molecule has 4 heteroatoms. The number of hydrogen-bond donors (Lipinski definition) is 0. The number of methoxy groups -OCH3 is 1. The topological polar surface area (TPSA) is 31.4 Å². The van der Waals surface area contributed by atoms with E-state index in [1.807, 2.05) is 19.1 Å². The average Bonchev–Trinajstić information content (AvgIpc) is 2.08. The van der Waals surface area contributed by atoms with Gasteiger partial charge in [-0.3, -0.25) is 0 Å². The first kappa shape index (κ1) is 9.32. The van der Waals surface area contributed by atoms with Crippen LogP contribution in [0.3, 0.4) is 0 Å². The number of hydrogen-bond acceptors (Lipinski definition) is 3. The van der Waals surface area contributed by atoms with Crippen molar-refractivity contribution in [1.82, 2.24) is 4.98 Å². The summed E-state index contributed by atoms with van der Waals surface area (Å²) < 4.78 is 11.0. The van der Waals surface area contributed by atoms with Gasteiger partial charge in [-0.15, -0.1) is 0 Å². The molecule has 0 aromatic carbocycles. The van der Waals surface area contributed by atoms with Crippen LogP contribution in [0.2, 0.25) is 0 Å². The minimum atomic E-state index is 0.506. The second-order valence-electron chi connectivity index (χ2n) is 2.07. The standard InChI is InChI=1S/C8H10BrNO2/c1-3-12-6-4-5-7(9)10-8(6)11-2/h4-5H,3H2,1-2H3. The van der Waals surface area contributed by atoms with Crippen molar-refractivity contribution in [3.63, 3.8) is 0 Å². The van der Waals surface area contributed by atoms with E-state index in [1.165, 1.54) is 0 Å². The van der Waals surface area contributed by atoms with Crippen LogP contribution in [0.1, 0.15) is 6.92 Å². The summed E-state index contributed by atoms with van der Waals surface area (Å²) in [5.41, 5.74) is 0. The van der Waals surface area contributed by atoms with Gasteiger partial charge in [-0.25, -0.2) is 4.98 Å². The Morgan fingerprint density at radius 2 is 2.25 bits per heavy atom. The molecule has 1 heterocycles. The highest BCUT2D eigenvalue weighted by atomic mass is 79.9. The van der Waals surface area contributed by atoms with Crippen LogP contribution in [-0.4, -0.2) is 18.7 Å². The van der Waals surface area contributed by atoms with Crippen molar-refractivity contribution < 1.29 is 9.47 Å². The summed E-state index contributed by atoms with van der Waals surface area (Å²) in [5.74, 6) is 1.18. The van der Waals surface area contributed by atoms with E-state index in [9.17, 15) is 0 Å². The van der Waals surface area contributed by atoms with E-state index in [4.69, 9.17) is 9.47 Å². The molecule has 0 saturated carbocycles. The Kier molecular flexibility index (Phi) is 3.34. The third-order valence-corrected chi connectivity index (χ3v) is 1.73. The molecule has 0 N–H and O–H groups in total. The van der Waals surface area contributed by atoms with Crippen molar-refractivity contribution >= 4 is 15.9 Å². The van der Waals surface area contributed by atoms with Gasteiger partial charge in [0.2, 0.25) is 0 Å². The van der Waals surface area contributed by atoms with E-state index in [0.717, 1.165) is 4.60 Å². The van der Waals surface area contributed by atoms with Crippen LogP contribution in [0.15, 0.2) is 16.7 Å². The van der Waals surface area contributed by atoms with Gasteiger partial charge in [0.1, 0.15) is 4.60 Å². The predicted octanol–water partition coefficient (Wildman–Crippen LogP) is 2.25. The summed E-state index contributed by atoms with van der Waals surface area (Å²) in [7, 11) is 1.57. The van der Waals surface area contributed by atoms with Crippen LogP contribution < -0.4 is 9.47 Å². The Morgan fingerprint density at radius 3 is 2.83 bits per heavy atom. The zero-order valence-corrected chi connectivity index (χ0v) is 8.59. The van der Waals surface area contributed by atoms with Crippen molar-refractivity contribution in [2.24, 2.45) is 0 Å². The normalized spacial score (nSPS) is 9.58. The highest BCUT2D eigenvalue weighted by Gasteiger charge is 2.04. The lowest BCUT2D eigenvalue weighted by atomic mass is 10.4. The predicted molar refractivity (Wildman–Crippen MR) is 49.7 cm³/mol. The first-order chi connectivity index (χ1) is 5.77. The molecule has 12 heavy (non-hydrogen) atoms. The number of aromatic nitrogens is 1. The van der Waals surface area contributed by atoms with Crippen molar-refractivity contribution in [2.45, 2.75) is 6.92 Å². The Labute approximate surface area is 79.8 Å². The molecule has 0 atom stereocenters. The second-order valence-corrected chi connectivity index (χ2v) is 2.89. The highest BCUT2D eigenvalue weighted by Crippen LogP contribution is 2.25. The number of nitrogens with zero attached hydrogens (tertiary/aromatic N) is 1. The van der Waals surface area contributed by atoms with Gasteiger partial charge in [-0.2, -0.15) is 0 Å². The average molecular weight is 232 g/mol. The molecule has 1 aromatic rings. The third-order valence-electron chi connectivity index (χ3n) is 1.28. The maximum absolute atomic E-state index is 5.27. The third kappa shape index (κ3) is 2.11. The SMILES string of the molecule is CCOc1ccc(Br)nc1OC. The summed E-state index contributed by atoms with van der Waals surface area (Å²) in [5, 5.41) is 0. The minimum Gasteiger partial charge on any atom is -0.488 e. The summed E-state index contributed by atoms with van der Waals surface area (Å²) >= 11 is 3.24. The van der Waals surface area contributed by atoms with Gasteiger partial charge in [0.15, 0.2) is 5.75 Å². The minimum absolute atomic E-state index is 0.506. The van der Waals surface area contributed by atoms with Crippen LogP contribution in [0.4, 0.5) is 0 Å². The monoisotopic (exact) mass is 231 g/mol. The first-order valence-corrected chi connectivity index (χ1v) is 4.40. The molecule has 66 valence electrons. The molecule has 0 bridgehead atoms. The van der Waals surface area contributed by atoms with Gasteiger partial charge in [-0.05, 0) is 35.0 Å². The lowest BCUT2D eigenvalue weighted by Crippen LogP contribution is -1.96. The summed E-state index contributed by atoms with van der Waals surface area (Å²) in [6, 6.07) is 3.63. The van der Waals surface area contributed by atoms with Crippen LogP contribution in [0, 0.1) is 0 Å². The van der Waals surface area contributed by atoms with Gasteiger partial charge in [0, 0.05) is 0 Å². The quantitative estimate of drug-likeness (QED) is 0.749. The molecule has 0 fully saturated rings. The molecule has 0 amide bonds. The summed E-state index contributed by atoms with van der Waals surface area (Å²) in [4.78, 5) is 4.08. The number of rotatable bonds is 3. The smallest absolute Gasteiger partial charge is 0.257 e. The molecule has 3 nitrogen and oxygen atoms in total. The number of halogens is 1. The van der Waals surface area contributed by atoms with E-state index >= 15 is 0 Å². The fourth-order valence-electron chi connectivity index (χ4n) is 0.817. The molecule has 0 saturated heterocycles. The summed E-state index contributed by atoms with van der Waals surface area (Å²) in [6.07, 6.45) is 0. The van der Waals surface area contributed by atoms with Crippen molar-refractivity contribution in [1.29, 1.82) is 0 Å². The Bertz CT molecular complexity index is 265. The fraction of sp³-hybridized carbons (Fsp3) is 0.375. The lowest BCUT2D eigenvalue weighted by Gasteiger charge is -2.07. The molecule has 0 radical (unpaired) electrons. The van der Waals surface area contributed by atoms with Crippen molar-refractivity contribution in [3.05, 3.63) is 16.7 Å². The van der Waals surface area contributed by atoms with E-state index in [1.54, 1.807) is 7.11 Å². The lowest BCUT2D eigenvalue weighted by molar-refractivity contribution is 0.303. The van der Waals surface area contributed by atoms with E-state index < -0.39 is 0 Å². The molecular weight excluding hydrogens is 222 g/mol. The molecule has 1 aromatic heterocycles. The Balaban J connectivity index is 2.94. The Hall–Kier alpha value is -0.770.